The summed E-state index contributed by atoms with van der Waals surface area (Å²) in [6.45, 7) is 2.12. The zero-order chi connectivity index (χ0) is 12.4. The molecule has 90 valence electrons. The molecule has 0 atom stereocenters. The van der Waals surface area contributed by atoms with Crippen LogP contribution < -0.4 is 0 Å². The number of rotatable bonds is 3. The van der Waals surface area contributed by atoms with Gasteiger partial charge in [0.2, 0.25) is 0 Å². The highest BCUT2D eigenvalue weighted by atomic mass is 16.5. The molecule has 0 N–H and O–H groups in total. The number of nitrogens with zero attached hydrogens (tertiary/aromatic N) is 3. The molecule has 2 aromatic heterocycles. The van der Waals surface area contributed by atoms with Gasteiger partial charge in [-0.2, -0.15) is 5.10 Å². The van der Waals surface area contributed by atoms with Crippen LogP contribution in [0.25, 0.3) is 22.2 Å². The Morgan fingerprint density at radius 2 is 2.00 bits per heavy atom. The fraction of sp³-hybridized carbons (Fsp3) is 0.214. The molecule has 0 bridgehead atoms. The number of benzene rings is 1. The maximum absolute atomic E-state index is 5.39. The first kappa shape index (κ1) is 10.9. The zero-order valence-electron chi connectivity index (χ0n) is 10.1. The third-order valence-corrected chi connectivity index (χ3v) is 2.89. The van der Waals surface area contributed by atoms with Crippen LogP contribution in [-0.4, -0.2) is 15.4 Å². The topological polar surface area (TPSA) is 51.8 Å². The molecule has 2 heterocycles. The maximum Gasteiger partial charge on any atom is 0.146 e. The smallest absolute Gasteiger partial charge is 0.146 e. The van der Waals surface area contributed by atoms with Crippen LogP contribution in [-0.2, 0) is 6.42 Å². The van der Waals surface area contributed by atoms with Crippen molar-refractivity contribution in [1.82, 2.24) is 15.4 Å². The molecule has 0 fully saturated rings. The molecule has 1 aromatic carbocycles. The minimum atomic E-state index is 0.771. The zero-order valence-corrected chi connectivity index (χ0v) is 10.1. The molecule has 0 aliphatic rings. The second-order valence-electron chi connectivity index (χ2n) is 4.18. The van der Waals surface area contributed by atoms with E-state index in [0.29, 0.717) is 0 Å². The maximum atomic E-state index is 5.39. The normalized spacial score (nSPS) is 10.9. The van der Waals surface area contributed by atoms with Gasteiger partial charge in [-0.3, -0.25) is 0 Å². The quantitative estimate of drug-likeness (QED) is 0.704. The van der Waals surface area contributed by atoms with E-state index in [-0.39, 0.29) is 0 Å². The predicted octanol–water partition coefficient (Wildman–Crippen LogP) is 3.24. The van der Waals surface area contributed by atoms with Crippen LogP contribution in [0.3, 0.4) is 0 Å². The number of aryl methyl sites for hydroxylation is 1. The van der Waals surface area contributed by atoms with Gasteiger partial charge in [0.25, 0.3) is 0 Å². The molecule has 0 spiro atoms. The van der Waals surface area contributed by atoms with Crippen molar-refractivity contribution >= 4 is 10.9 Å². The van der Waals surface area contributed by atoms with Crippen molar-refractivity contribution in [3.63, 3.8) is 0 Å². The summed E-state index contributed by atoms with van der Waals surface area (Å²) in [5.74, 6) is 0.890. The van der Waals surface area contributed by atoms with Crippen LogP contribution >= 0.6 is 0 Å². The average Bonchev–Trinajstić information content (AvgIpc) is 2.84. The van der Waals surface area contributed by atoms with Crippen molar-refractivity contribution < 1.29 is 4.52 Å². The highest BCUT2D eigenvalue weighted by Crippen LogP contribution is 2.28. The summed E-state index contributed by atoms with van der Waals surface area (Å²) in [6.07, 6.45) is 3.52. The summed E-state index contributed by atoms with van der Waals surface area (Å²) >= 11 is 0. The Bertz CT molecular complexity index is 661. The summed E-state index contributed by atoms with van der Waals surface area (Å²) in [5.41, 5.74) is 2.65. The first-order valence-corrected chi connectivity index (χ1v) is 6.05. The lowest BCUT2D eigenvalue weighted by atomic mass is 10.1. The third-order valence-electron chi connectivity index (χ3n) is 2.89. The molecule has 0 radical (unpaired) electrons. The van der Waals surface area contributed by atoms with Gasteiger partial charge in [0.1, 0.15) is 17.0 Å². The molecule has 18 heavy (non-hydrogen) atoms. The van der Waals surface area contributed by atoms with Crippen LogP contribution in [0.5, 0.6) is 0 Å². The van der Waals surface area contributed by atoms with Crippen LogP contribution in [0, 0.1) is 0 Å². The lowest BCUT2D eigenvalue weighted by Crippen LogP contribution is -1.90. The number of hydrogen-bond donors (Lipinski definition) is 0. The van der Waals surface area contributed by atoms with E-state index in [1.54, 1.807) is 6.20 Å². The minimum Gasteiger partial charge on any atom is -0.360 e. The largest absolute Gasteiger partial charge is 0.360 e. The first-order valence-electron chi connectivity index (χ1n) is 6.05. The van der Waals surface area contributed by atoms with Crippen molar-refractivity contribution in [2.75, 3.05) is 0 Å². The first-order chi connectivity index (χ1) is 8.90. The molecule has 0 saturated carbocycles. The van der Waals surface area contributed by atoms with Gasteiger partial charge in [0.15, 0.2) is 0 Å². The van der Waals surface area contributed by atoms with E-state index in [0.717, 1.165) is 40.8 Å². The second kappa shape index (κ2) is 4.56. The van der Waals surface area contributed by atoms with Crippen molar-refractivity contribution in [3.05, 3.63) is 42.3 Å². The molecule has 0 unspecified atom stereocenters. The van der Waals surface area contributed by atoms with Crippen molar-refractivity contribution in [3.8, 4) is 11.3 Å². The molecule has 0 aliphatic carbocycles. The molecule has 4 heteroatoms. The van der Waals surface area contributed by atoms with Gasteiger partial charge in [-0.15, -0.1) is 5.10 Å². The fourth-order valence-corrected chi connectivity index (χ4v) is 2.07. The van der Waals surface area contributed by atoms with E-state index in [1.165, 1.54) is 0 Å². The standard InChI is InChI=1S/C14H13N3O/c1-2-6-12-13-11(17-18-12)9-15-16-14(13)10-7-4-3-5-8-10/h3-5,7-9H,2,6H2,1H3. The summed E-state index contributed by atoms with van der Waals surface area (Å²) in [4.78, 5) is 0. The summed E-state index contributed by atoms with van der Waals surface area (Å²) in [5, 5.41) is 13.3. The van der Waals surface area contributed by atoms with Gasteiger partial charge < -0.3 is 4.52 Å². The van der Waals surface area contributed by atoms with E-state index in [9.17, 15) is 0 Å². The predicted molar refractivity (Wildman–Crippen MR) is 69.0 cm³/mol. The van der Waals surface area contributed by atoms with Gasteiger partial charge in [-0.1, -0.05) is 42.4 Å². The van der Waals surface area contributed by atoms with E-state index >= 15 is 0 Å². The molecule has 3 aromatic rings. The summed E-state index contributed by atoms with van der Waals surface area (Å²) < 4.78 is 5.39. The van der Waals surface area contributed by atoms with Crippen LogP contribution in [0.1, 0.15) is 19.1 Å². The van der Waals surface area contributed by atoms with E-state index in [1.807, 2.05) is 30.3 Å². The van der Waals surface area contributed by atoms with E-state index in [4.69, 9.17) is 4.52 Å². The number of fused-ring (bicyclic) bond motifs is 1. The van der Waals surface area contributed by atoms with Gasteiger partial charge in [-0.25, -0.2) is 0 Å². The number of hydrogen-bond acceptors (Lipinski definition) is 4. The molecular formula is C14H13N3O. The van der Waals surface area contributed by atoms with Crippen LogP contribution in [0.4, 0.5) is 0 Å². The van der Waals surface area contributed by atoms with Crippen LogP contribution in [0.15, 0.2) is 41.1 Å². The molecule has 0 aliphatic heterocycles. The van der Waals surface area contributed by atoms with Gasteiger partial charge in [0, 0.05) is 12.0 Å². The van der Waals surface area contributed by atoms with Crippen molar-refractivity contribution in [2.45, 2.75) is 19.8 Å². The molecule has 4 nitrogen and oxygen atoms in total. The Hall–Kier alpha value is -2.23. The highest BCUT2D eigenvalue weighted by Gasteiger charge is 2.14. The Balaban J connectivity index is 2.25. The highest BCUT2D eigenvalue weighted by molar-refractivity contribution is 5.93. The minimum absolute atomic E-state index is 0.771. The molecule has 3 rings (SSSR count). The molecular weight excluding hydrogens is 226 g/mol. The monoisotopic (exact) mass is 239 g/mol. The van der Waals surface area contributed by atoms with E-state index < -0.39 is 0 Å². The van der Waals surface area contributed by atoms with Crippen molar-refractivity contribution in [1.29, 1.82) is 0 Å². The summed E-state index contributed by atoms with van der Waals surface area (Å²) in [7, 11) is 0. The Labute approximate surface area is 105 Å². The van der Waals surface area contributed by atoms with Gasteiger partial charge >= 0.3 is 0 Å². The van der Waals surface area contributed by atoms with E-state index in [2.05, 4.69) is 22.3 Å². The Morgan fingerprint density at radius 1 is 1.17 bits per heavy atom. The lowest BCUT2D eigenvalue weighted by Gasteiger charge is -2.01. The second-order valence-corrected chi connectivity index (χ2v) is 4.18. The summed E-state index contributed by atoms with van der Waals surface area (Å²) in [6, 6.07) is 10.0. The van der Waals surface area contributed by atoms with Crippen LogP contribution in [0.2, 0.25) is 0 Å². The lowest BCUT2D eigenvalue weighted by molar-refractivity contribution is 0.390. The number of aromatic nitrogens is 3. The van der Waals surface area contributed by atoms with Gasteiger partial charge in [-0.05, 0) is 6.42 Å². The molecule has 0 saturated heterocycles. The fourth-order valence-electron chi connectivity index (χ4n) is 2.07. The average molecular weight is 239 g/mol. The molecule has 0 amide bonds. The van der Waals surface area contributed by atoms with Gasteiger partial charge in [0.05, 0.1) is 11.6 Å². The SMILES string of the molecule is CCCc1onc2cnnc(-c3ccccc3)c12. The Morgan fingerprint density at radius 3 is 2.78 bits per heavy atom. The Kier molecular flexibility index (Phi) is 2.76. The third kappa shape index (κ3) is 1.76. The van der Waals surface area contributed by atoms with Crippen molar-refractivity contribution in [2.24, 2.45) is 0 Å².